The van der Waals surface area contributed by atoms with Crippen LogP contribution in [0, 0.1) is 19.3 Å². The van der Waals surface area contributed by atoms with Crippen LogP contribution in [0.1, 0.15) is 70.1 Å². The molecule has 1 rings (SSSR count). The second-order valence-electron chi connectivity index (χ2n) is 5.10. The lowest BCUT2D eigenvalue weighted by Crippen LogP contribution is -1.95. The number of ether oxygens (including phenoxy) is 1. The highest BCUT2D eigenvalue weighted by Gasteiger charge is 2.01. The Morgan fingerprint density at radius 1 is 1.09 bits per heavy atom. The lowest BCUT2D eigenvalue weighted by molar-refractivity contribution is 0.193. The zero-order chi connectivity index (χ0) is 17.2. The fourth-order valence-corrected chi connectivity index (χ4v) is 2.09. The van der Waals surface area contributed by atoms with Crippen LogP contribution in [0.3, 0.4) is 0 Å². The predicted octanol–water partition coefficient (Wildman–Crippen LogP) is 5.97. The zero-order valence-corrected chi connectivity index (χ0v) is 15.7. The second-order valence-corrected chi connectivity index (χ2v) is 5.10. The van der Waals surface area contributed by atoms with E-state index in [-0.39, 0.29) is 0 Å². The minimum Gasteiger partial charge on any atom is -0.385 e. The van der Waals surface area contributed by atoms with Crippen molar-refractivity contribution in [3.63, 3.8) is 0 Å². The molecule has 22 heavy (non-hydrogen) atoms. The molecule has 0 aliphatic rings. The van der Waals surface area contributed by atoms with E-state index in [1.165, 1.54) is 48.8 Å². The Kier molecular flexibility index (Phi) is 18.6. The van der Waals surface area contributed by atoms with Crippen molar-refractivity contribution < 1.29 is 4.74 Å². The van der Waals surface area contributed by atoms with Crippen LogP contribution < -0.4 is 0 Å². The largest absolute Gasteiger partial charge is 0.385 e. The molecule has 0 radical (unpaired) electrons. The molecule has 0 atom stereocenters. The van der Waals surface area contributed by atoms with Gasteiger partial charge in [0.2, 0.25) is 0 Å². The maximum Gasteiger partial charge on any atom is 0.0462 e. The van der Waals surface area contributed by atoms with E-state index in [1.54, 1.807) is 14.0 Å². The van der Waals surface area contributed by atoms with Gasteiger partial charge in [0.15, 0.2) is 0 Å². The normalized spacial score (nSPS) is 8.95. The number of aryl methyl sites for hydroxylation is 3. The number of hydrogen-bond acceptors (Lipinski definition) is 1. The third-order valence-electron chi connectivity index (χ3n) is 3.28. The van der Waals surface area contributed by atoms with Crippen molar-refractivity contribution in [3.8, 4) is 12.3 Å². The molecule has 0 fully saturated rings. The molecule has 1 aromatic carbocycles. The van der Waals surface area contributed by atoms with Gasteiger partial charge in [-0.2, -0.15) is 0 Å². The molecule has 0 spiro atoms. The summed E-state index contributed by atoms with van der Waals surface area (Å²) in [4.78, 5) is 0. The van der Waals surface area contributed by atoms with Crippen LogP contribution in [0.15, 0.2) is 18.2 Å². The van der Waals surface area contributed by atoms with Gasteiger partial charge in [0.25, 0.3) is 0 Å². The molecule has 0 unspecified atom stereocenters. The summed E-state index contributed by atoms with van der Waals surface area (Å²) >= 11 is 0. The van der Waals surface area contributed by atoms with Crippen LogP contribution in [-0.4, -0.2) is 13.7 Å². The third kappa shape index (κ3) is 12.5. The Bertz CT molecular complexity index is 387. The van der Waals surface area contributed by atoms with Crippen LogP contribution in [0.5, 0.6) is 0 Å². The Balaban J connectivity index is 0. The summed E-state index contributed by atoms with van der Waals surface area (Å²) in [6.07, 6.45) is 12.0. The number of hydrogen-bond donors (Lipinski definition) is 0. The fraction of sp³-hybridized carbons (Fsp3) is 0.619. The SMILES string of the molecule is C#CC.CC.CCCCc1ccc(C)c(CCCCOC)c1. The van der Waals surface area contributed by atoms with E-state index in [1.807, 2.05) is 13.8 Å². The molecule has 0 N–H and O–H groups in total. The van der Waals surface area contributed by atoms with Gasteiger partial charge in [-0.25, -0.2) is 0 Å². The summed E-state index contributed by atoms with van der Waals surface area (Å²) in [6, 6.07) is 6.96. The lowest BCUT2D eigenvalue weighted by atomic mass is 9.98. The second kappa shape index (κ2) is 17.8. The van der Waals surface area contributed by atoms with Crippen LogP contribution in [0.4, 0.5) is 0 Å². The van der Waals surface area contributed by atoms with Crippen LogP contribution in [0.2, 0.25) is 0 Å². The van der Waals surface area contributed by atoms with Gasteiger partial charge in [0.05, 0.1) is 0 Å². The van der Waals surface area contributed by atoms with Crippen molar-refractivity contribution in [2.45, 2.75) is 73.1 Å². The summed E-state index contributed by atoms with van der Waals surface area (Å²) in [5.74, 6) is 2.25. The third-order valence-corrected chi connectivity index (χ3v) is 3.28. The fourth-order valence-electron chi connectivity index (χ4n) is 2.09. The highest BCUT2D eigenvalue weighted by Crippen LogP contribution is 2.15. The van der Waals surface area contributed by atoms with E-state index in [0.717, 1.165) is 13.0 Å². The van der Waals surface area contributed by atoms with Gasteiger partial charge in [0, 0.05) is 13.7 Å². The highest BCUT2D eigenvalue weighted by atomic mass is 16.5. The summed E-state index contributed by atoms with van der Waals surface area (Å²) < 4.78 is 5.09. The molecule has 126 valence electrons. The van der Waals surface area contributed by atoms with E-state index < -0.39 is 0 Å². The summed E-state index contributed by atoms with van der Waals surface area (Å²) in [7, 11) is 1.77. The molecule has 0 aliphatic carbocycles. The Morgan fingerprint density at radius 3 is 2.27 bits per heavy atom. The van der Waals surface area contributed by atoms with Crippen LogP contribution in [0.25, 0.3) is 0 Å². The minimum absolute atomic E-state index is 0.884. The van der Waals surface area contributed by atoms with Crippen molar-refractivity contribution in [3.05, 3.63) is 34.9 Å². The van der Waals surface area contributed by atoms with Crippen molar-refractivity contribution in [2.75, 3.05) is 13.7 Å². The summed E-state index contributed by atoms with van der Waals surface area (Å²) in [6.45, 7) is 11.0. The van der Waals surface area contributed by atoms with Gasteiger partial charge in [-0.3, -0.25) is 0 Å². The first-order valence-corrected chi connectivity index (χ1v) is 8.64. The Hall–Kier alpha value is -1.26. The highest BCUT2D eigenvalue weighted by molar-refractivity contribution is 5.31. The number of methoxy groups -OCH3 is 1. The molecule has 1 nitrogen and oxygen atoms in total. The standard InChI is InChI=1S/C16H26O.C3H4.C2H6/c1-4-5-8-15-11-10-14(2)16(13-15)9-6-7-12-17-3;1-3-2;1-2/h10-11,13H,4-9,12H2,1-3H3;1H,2H3;1-2H3. The minimum atomic E-state index is 0.884. The lowest BCUT2D eigenvalue weighted by Gasteiger charge is -2.09. The molecule has 0 aliphatic heterocycles. The van der Waals surface area contributed by atoms with Gasteiger partial charge >= 0.3 is 0 Å². The maximum atomic E-state index is 5.09. The summed E-state index contributed by atoms with van der Waals surface area (Å²) in [5.41, 5.74) is 4.46. The monoisotopic (exact) mass is 304 g/mol. The van der Waals surface area contributed by atoms with E-state index in [0.29, 0.717) is 0 Å². The molecule has 0 saturated carbocycles. The molecule has 0 heterocycles. The van der Waals surface area contributed by atoms with Crippen LogP contribution in [-0.2, 0) is 17.6 Å². The quantitative estimate of drug-likeness (QED) is 0.424. The topological polar surface area (TPSA) is 9.23 Å². The molecular weight excluding hydrogens is 268 g/mol. The maximum absolute atomic E-state index is 5.09. The van der Waals surface area contributed by atoms with Crippen molar-refractivity contribution >= 4 is 0 Å². The Morgan fingerprint density at radius 2 is 1.73 bits per heavy atom. The smallest absolute Gasteiger partial charge is 0.0462 e. The van der Waals surface area contributed by atoms with Gasteiger partial charge < -0.3 is 4.74 Å². The number of benzene rings is 1. The Labute approximate surface area is 139 Å². The molecule has 1 aromatic rings. The molecule has 0 bridgehead atoms. The summed E-state index contributed by atoms with van der Waals surface area (Å²) in [5, 5.41) is 0. The first-order valence-electron chi connectivity index (χ1n) is 8.64. The molecular formula is C21H36O. The van der Waals surface area contributed by atoms with Gasteiger partial charge in [0.1, 0.15) is 0 Å². The number of unbranched alkanes of at least 4 members (excludes halogenated alkanes) is 2. The van der Waals surface area contributed by atoms with E-state index in [4.69, 9.17) is 4.74 Å². The van der Waals surface area contributed by atoms with Crippen molar-refractivity contribution in [1.29, 1.82) is 0 Å². The number of terminal acetylenes is 1. The van der Waals surface area contributed by atoms with E-state index >= 15 is 0 Å². The van der Waals surface area contributed by atoms with Crippen molar-refractivity contribution in [2.24, 2.45) is 0 Å². The molecule has 0 saturated heterocycles. The average molecular weight is 305 g/mol. The van der Waals surface area contributed by atoms with Crippen LogP contribution >= 0.6 is 0 Å². The molecule has 0 amide bonds. The van der Waals surface area contributed by atoms with E-state index in [2.05, 4.69) is 44.4 Å². The zero-order valence-electron chi connectivity index (χ0n) is 15.7. The molecule has 0 aromatic heterocycles. The number of rotatable bonds is 8. The molecule has 1 heteroatoms. The van der Waals surface area contributed by atoms with Crippen molar-refractivity contribution in [1.82, 2.24) is 0 Å². The first kappa shape index (κ1) is 23.0. The van der Waals surface area contributed by atoms with Gasteiger partial charge in [-0.15, -0.1) is 12.3 Å². The van der Waals surface area contributed by atoms with E-state index in [9.17, 15) is 0 Å². The average Bonchev–Trinajstić information content (AvgIpc) is 2.54. The predicted molar refractivity (Wildman–Crippen MR) is 100 cm³/mol. The van der Waals surface area contributed by atoms with Gasteiger partial charge in [-0.1, -0.05) is 45.4 Å². The first-order chi connectivity index (χ1) is 10.7. The van der Waals surface area contributed by atoms with Gasteiger partial charge in [-0.05, 0) is 62.6 Å².